The van der Waals surface area contributed by atoms with Crippen LogP contribution in [0.4, 0.5) is 24.5 Å². The van der Waals surface area contributed by atoms with Gasteiger partial charge >= 0.3 is 6.18 Å². The Bertz CT molecular complexity index is 1290. The van der Waals surface area contributed by atoms with Crippen LogP contribution >= 0.6 is 0 Å². The van der Waals surface area contributed by atoms with Gasteiger partial charge in [0.15, 0.2) is 0 Å². The van der Waals surface area contributed by atoms with Crippen molar-refractivity contribution < 1.29 is 18.0 Å². The van der Waals surface area contributed by atoms with Gasteiger partial charge in [-0.15, -0.1) is 0 Å². The van der Waals surface area contributed by atoms with Crippen LogP contribution in [-0.4, -0.2) is 37.0 Å². The minimum Gasteiger partial charge on any atom is -0.369 e. The molecule has 1 amide bonds. The number of alkyl halides is 3. The molecule has 4 nitrogen and oxygen atoms in total. The van der Waals surface area contributed by atoms with Crippen LogP contribution in [0.1, 0.15) is 50.7 Å². The van der Waals surface area contributed by atoms with Gasteiger partial charge in [-0.2, -0.15) is 13.2 Å². The molecule has 0 atom stereocenters. The highest BCUT2D eigenvalue weighted by molar-refractivity contribution is 5.94. The number of nitrogens with zero attached hydrogens (tertiary/aromatic N) is 2. The van der Waals surface area contributed by atoms with Crippen molar-refractivity contribution in [3.63, 3.8) is 0 Å². The van der Waals surface area contributed by atoms with E-state index in [0.717, 1.165) is 69.6 Å². The second-order valence-corrected chi connectivity index (χ2v) is 11.0. The molecule has 206 valence electrons. The summed E-state index contributed by atoms with van der Waals surface area (Å²) in [5.74, 6) is 0.336. The van der Waals surface area contributed by atoms with Crippen LogP contribution in [0.25, 0.3) is 11.1 Å². The first kappa shape index (κ1) is 27.3. The number of rotatable bonds is 5. The number of amides is 1. The Morgan fingerprint density at radius 2 is 1.59 bits per heavy atom. The smallest absolute Gasteiger partial charge is 0.369 e. The highest BCUT2D eigenvalue weighted by atomic mass is 19.4. The lowest BCUT2D eigenvalue weighted by molar-refractivity contribution is -0.137. The fraction of sp³-hybridized carbons (Fsp3) is 0.406. The second-order valence-electron chi connectivity index (χ2n) is 11.0. The molecular weight excluding hydrogens is 499 g/mol. The predicted octanol–water partition coefficient (Wildman–Crippen LogP) is 7.56. The lowest BCUT2D eigenvalue weighted by atomic mass is 9.71. The van der Waals surface area contributed by atoms with Crippen molar-refractivity contribution in [3.05, 3.63) is 83.9 Å². The van der Waals surface area contributed by atoms with Crippen molar-refractivity contribution in [2.24, 2.45) is 5.92 Å². The molecule has 5 rings (SSSR count). The van der Waals surface area contributed by atoms with E-state index in [0.29, 0.717) is 22.7 Å². The van der Waals surface area contributed by atoms with E-state index in [1.807, 2.05) is 18.2 Å². The minimum absolute atomic E-state index is 0.166. The number of anilines is 2. The van der Waals surface area contributed by atoms with Crippen LogP contribution in [0.3, 0.4) is 0 Å². The summed E-state index contributed by atoms with van der Waals surface area (Å²) in [5.41, 5.74) is 2.94. The molecule has 1 aliphatic heterocycles. The number of carbonyl (C=O) groups is 1. The van der Waals surface area contributed by atoms with Gasteiger partial charge in [0.2, 0.25) is 5.91 Å². The van der Waals surface area contributed by atoms with E-state index in [1.54, 1.807) is 0 Å². The summed E-state index contributed by atoms with van der Waals surface area (Å²) in [5, 5.41) is 2.73. The lowest BCUT2D eigenvalue weighted by Crippen LogP contribution is -2.56. The van der Waals surface area contributed by atoms with E-state index in [4.69, 9.17) is 0 Å². The minimum atomic E-state index is -4.47. The average molecular weight is 536 g/mol. The van der Waals surface area contributed by atoms with Gasteiger partial charge in [0.05, 0.1) is 5.56 Å². The lowest BCUT2D eigenvalue weighted by Gasteiger charge is -2.51. The van der Waals surface area contributed by atoms with Crippen LogP contribution in [-0.2, 0) is 16.5 Å². The summed E-state index contributed by atoms with van der Waals surface area (Å²) in [6.07, 6.45) is -0.206. The first-order chi connectivity index (χ1) is 18.7. The maximum atomic E-state index is 13.6. The SMILES string of the molecule is CC(=O)Nc1ccc(C(F)(F)F)cc1-c1cccc(C2(N3CCN(c4ccccc4)CC3)CCC(C)CC2)c1. The third-order valence-corrected chi connectivity index (χ3v) is 8.48. The van der Waals surface area contributed by atoms with Crippen LogP contribution in [0.5, 0.6) is 0 Å². The zero-order valence-corrected chi connectivity index (χ0v) is 22.6. The van der Waals surface area contributed by atoms with E-state index in [2.05, 4.69) is 58.4 Å². The van der Waals surface area contributed by atoms with Gasteiger partial charge in [0, 0.05) is 55.6 Å². The van der Waals surface area contributed by atoms with Crippen molar-refractivity contribution in [2.75, 3.05) is 36.4 Å². The molecule has 0 radical (unpaired) electrons. The van der Waals surface area contributed by atoms with Gasteiger partial charge in [-0.1, -0.05) is 43.3 Å². The summed E-state index contributed by atoms with van der Waals surface area (Å²) in [6.45, 7) is 7.38. The van der Waals surface area contributed by atoms with Crippen molar-refractivity contribution in [3.8, 4) is 11.1 Å². The van der Waals surface area contributed by atoms with Crippen molar-refractivity contribution >= 4 is 17.3 Å². The van der Waals surface area contributed by atoms with Crippen molar-refractivity contribution in [1.82, 2.24) is 4.90 Å². The molecule has 2 fully saturated rings. The third kappa shape index (κ3) is 5.83. The molecule has 1 saturated heterocycles. The number of nitrogens with one attached hydrogen (secondary N) is 1. The number of hydrogen-bond acceptors (Lipinski definition) is 3. The van der Waals surface area contributed by atoms with Gasteiger partial charge < -0.3 is 10.2 Å². The average Bonchev–Trinajstić information content (AvgIpc) is 2.94. The number of hydrogen-bond donors (Lipinski definition) is 1. The Balaban J connectivity index is 1.50. The first-order valence-corrected chi connectivity index (χ1v) is 13.8. The summed E-state index contributed by atoms with van der Waals surface area (Å²) in [6, 6.07) is 22.0. The van der Waals surface area contributed by atoms with Crippen molar-refractivity contribution in [2.45, 2.75) is 51.2 Å². The Kier molecular flexibility index (Phi) is 7.72. The van der Waals surface area contributed by atoms with E-state index >= 15 is 0 Å². The molecule has 39 heavy (non-hydrogen) atoms. The summed E-state index contributed by atoms with van der Waals surface area (Å²) in [4.78, 5) is 16.9. The maximum absolute atomic E-state index is 13.6. The summed E-state index contributed by atoms with van der Waals surface area (Å²) in [7, 11) is 0. The number of piperazine rings is 1. The molecule has 1 aliphatic carbocycles. The molecule has 1 N–H and O–H groups in total. The fourth-order valence-electron chi connectivity index (χ4n) is 6.29. The number of para-hydroxylation sites is 1. The van der Waals surface area contributed by atoms with E-state index in [1.165, 1.54) is 18.7 Å². The molecule has 0 aromatic heterocycles. The second kappa shape index (κ2) is 11.0. The Morgan fingerprint density at radius 3 is 2.23 bits per heavy atom. The van der Waals surface area contributed by atoms with Crippen LogP contribution in [0, 0.1) is 5.92 Å². The number of carbonyl (C=O) groups excluding carboxylic acids is 1. The van der Waals surface area contributed by atoms with Gasteiger partial charge in [-0.25, -0.2) is 0 Å². The molecule has 2 aliphatic rings. The quantitative estimate of drug-likeness (QED) is 0.366. The molecule has 0 unspecified atom stereocenters. The van der Waals surface area contributed by atoms with Gasteiger partial charge in [0.25, 0.3) is 0 Å². The Morgan fingerprint density at radius 1 is 0.897 bits per heavy atom. The molecular formula is C32H36F3N3O. The van der Waals surface area contributed by atoms with Crippen molar-refractivity contribution in [1.29, 1.82) is 0 Å². The van der Waals surface area contributed by atoms with Crippen LogP contribution < -0.4 is 10.2 Å². The number of benzene rings is 3. The molecule has 7 heteroatoms. The fourth-order valence-corrected chi connectivity index (χ4v) is 6.29. The van der Waals surface area contributed by atoms with Gasteiger partial charge in [-0.3, -0.25) is 9.69 Å². The maximum Gasteiger partial charge on any atom is 0.416 e. The predicted molar refractivity (Wildman–Crippen MR) is 151 cm³/mol. The van der Waals surface area contributed by atoms with E-state index < -0.39 is 11.7 Å². The summed E-state index contributed by atoms with van der Waals surface area (Å²) < 4.78 is 40.9. The zero-order valence-electron chi connectivity index (χ0n) is 22.6. The van der Waals surface area contributed by atoms with E-state index in [9.17, 15) is 18.0 Å². The molecule has 1 saturated carbocycles. The molecule has 3 aromatic rings. The zero-order chi connectivity index (χ0) is 27.6. The van der Waals surface area contributed by atoms with Crippen LogP contribution in [0.15, 0.2) is 72.8 Å². The normalized spacial score (nSPS) is 22.5. The Labute approximate surface area is 228 Å². The molecule has 0 spiro atoms. The Hall–Kier alpha value is -3.32. The van der Waals surface area contributed by atoms with Gasteiger partial charge in [-0.05, 0) is 79.1 Å². The molecule has 0 bridgehead atoms. The summed E-state index contributed by atoms with van der Waals surface area (Å²) >= 11 is 0. The molecule has 1 heterocycles. The van der Waals surface area contributed by atoms with E-state index in [-0.39, 0.29) is 11.4 Å². The largest absolute Gasteiger partial charge is 0.416 e. The third-order valence-electron chi connectivity index (χ3n) is 8.48. The van der Waals surface area contributed by atoms with Crippen LogP contribution in [0.2, 0.25) is 0 Å². The molecule has 3 aromatic carbocycles. The van der Waals surface area contributed by atoms with Gasteiger partial charge in [0.1, 0.15) is 0 Å². The number of halogens is 3. The highest BCUT2D eigenvalue weighted by Gasteiger charge is 2.42. The monoisotopic (exact) mass is 535 g/mol. The first-order valence-electron chi connectivity index (χ1n) is 13.8. The standard InChI is InChI=1S/C32H36F3N3O/c1-23-13-15-31(16-14-23,38-19-17-37(18-20-38)28-9-4-3-5-10-28)26-8-6-7-25(21-26)29-22-27(32(33,34)35)11-12-30(29)36-24(2)39/h3-12,21-23H,13-20H2,1-2H3,(H,36,39). The highest BCUT2D eigenvalue weighted by Crippen LogP contribution is 2.46. The topological polar surface area (TPSA) is 35.6 Å².